The number of benzene rings is 1. The van der Waals surface area contributed by atoms with Crippen LogP contribution in [0.2, 0.25) is 0 Å². The number of aromatic nitrogens is 5. The molecule has 0 spiro atoms. The van der Waals surface area contributed by atoms with Crippen LogP contribution in [0.3, 0.4) is 0 Å². The number of aryl methyl sites for hydroxylation is 2. The first kappa shape index (κ1) is 17.1. The predicted molar refractivity (Wildman–Crippen MR) is 101 cm³/mol. The zero-order chi connectivity index (χ0) is 18.8. The van der Waals surface area contributed by atoms with Gasteiger partial charge in [0.2, 0.25) is 0 Å². The summed E-state index contributed by atoms with van der Waals surface area (Å²) in [7, 11) is 0. The smallest absolute Gasteiger partial charge is 0.253 e. The minimum Gasteiger partial charge on any atom is -0.368 e. The largest absolute Gasteiger partial charge is 0.368 e. The van der Waals surface area contributed by atoms with Gasteiger partial charge in [0.15, 0.2) is 0 Å². The molecule has 1 fully saturated rings. The number of nitrogens with zero attached hydrogens (tertiary/aromatic N) is 7. The lowest BCUT2D eigenvalue weighted by atomic mass is 10.1. The molecule has 8 nitrogen and oxygen atoms in total. The van der Waals surface area contributed by atoms with Crippen LogP contribution in [0.1, 0.15) is 21.7 Å². The average molecular weight is 363 g/mol. The Bertz CT molecular complexity index is 909. The molecular formula is C19H21N7O. The van der Waals surface area contributed by atoms with Crippen molar-refractivity contribution in [1.29, 1.82) is 0 Å². The fourth-order valence-electron chi connectivity index (χ4n) is 3.38. The Morgan fingerprint density at radius 2 is 1.59 bits per heavy atom. The highest BCUT2D eigenvalue weighted by Crippen LogP contribution is 2.19. The summed E-state index contributed by atoms with van der Waals surface area (Å²) in [6.07, 6.45) is 1.53. The maximum absolute atomic E-state index is 12.8. The second-order valence-electron chi connectivity index (χ2n) is 6.69. The minimum atomic E-state index is 0.0556. The Morgan fingerprint density at radius 1 is 0.926 bits per heavy atom. The normalized spacial score (nSPS) is 14.4. The van der Waals surface area contributed by atoms with E-state index in [0.29, 0.717) is 18.7 Å². The maximum Gasteiger partial charge on any atom is 0.253 e. The summed E-state index contributed by atoms with van der Waals surface area (Å²) in [5.74, 6) is 0.0556. The quantitative estimate of drug-likeness (QED) is 0.704. The van der Waals surface area contributed by atoms with Gasteiger partial charge in [-0.25, -0.2) is 4.68 Å². The number of tetrazole rings is 1. The zero-order valence-electron chi connectivity index (χ0n) is 15.4. The number of carbonyl (C=O) groups excluding carboxylic acids is 1. The summed E-state index contributed by atoms with van der Waals surface area (Å²) < 4.78 is 1.56. The molecule has 0 bridgehead atoms. The van der Waals surface area contributed by atoms with Crippen molar-refractivity contribution in [2.75, 3.05) is 31.1 Å². The van der Waals surface area contributed by atoms with Crippen molar-refractivity contribution in [3.63, 3.8) is 0 Å². The lowest BCUT2D eigenvalue weighted by Gasteiger charge is -2.36. The van der Waals surface area contributed by atoms with Crippen molar-refractivity contribution in [1.82, 2.24) is 30.1 Å². The van der Waals surface area contributed by atoms with Gasteiger partial charge in [-0.05, 0) is 60.7 Å². The van der Waals surface area contributed by atoms with Crippen LogP contribution in [0.5, 0.6) is 0 Å². The van der Waals surface area contributed by atoms with Crippen LogP contribution in [0.15, 0.2) is 42.7 Å². The van der Waals surface area contributed by atoms with E-state index in [1.54, 1.807) is 4.68 Å². The van der Waals surface area contributed by atoms with Gasteiger partial charge in [0, 0.05) is 48.8 Å². The van der Waals surface area contributed by atoms with E-state index in [2.05, 4.69) is 37.5 Å². The van der Waals surface area contributed by atoms with Gasteiger partial charge >= 0.3 is 0 Å². The third-order valence-corrected chi connectivity index (χ3v) is 4.73. The van der Waals surface area contributed by atoms with Gasteiger partial charge in [-0.1, -0.05) is 0 Å². The van der Waals surface area contributed by atoms with Gasteiger partial charge in [0.25, 0.3) is 5.91 Å². The Hall–Kier alpha value is -3.29. The second kappa shape index (κ2) is 7.14. The Kier molecular flexibility index (Phi) is 4.53. The number of piperazine rings is 1. The first-order valence-electron chi connectivity index (χ1n) is 8.93. The molecule has 1 saturated heterocycles. The average Bonchev–Trinajstić information content (AvgIpc) is 3.22. The van der Waals surface area contributed by atoms with Crippen molar-refractivity contribution in [3.8, 4) is 5.69 Å². The lowest BCUT2D eigenvalue weighted by molar-refractivity contribution is 0.0747. The zero-order valence-corrected chi connectivity index (χ0v) is 15.4. The molecule has 27 heavy (non-hydrogen) atoms. The third-order valence-electron chi connectivity index (χ3n) is 4.73. The van der Waals surface area contributed by atoms with Crippen LogP contribution in [0.4, 0.5) is 5.69 Å². The number of carbonyl (C=O) groups is 1. The number of hydrogen-bond acceptors (Lipinski definition) is 6. The Labute approximate surface area is 157 Å². The van der Waals surface area contributed by atoms with Crippen LogP contribution >= 0.6 is 0 Å². The summed E-state index contributed by atoms with van der Waals surface area (Å²) in [6, 6.07) is 11.5. The van der Waals surface area contributed by atoms with Crippen molar-refractivity contribution >= 4 is 11.6 Å². The van der Waals surface area contributed by atoms with E-state index >= 15 is 0 Å². The molecule has 0 aliphatic carbocycles. The molecule has 0 N–H and O–H groups in total. The van der Waals surface area contributed by atoms with Gasteiger partial charge in [0.1, 0.15) is 6.33 Å². The summed E-state index contributed by atoms with van der Waals surface area (Å²) in [4.78, 5) is 21.4. The Balaban J connectivity index is 1.41. The van der Waals surface area contributed by atoms with Crippen LogP contribution < -0.4 is 4.90 Å². The highest BCUT2D eigenvalue weighted by molar-refractivity contribution is 5.94. The molecule has 3 aromatic rings. The van der Waals surface area contributed by atoms with Crippen molar-refractivity contribution < 1.29 is 4.79 Å². The molecular weight excluding hydrogens is 342 g/mol. The van der Waals surface area contributed by atoms with Crippen LogP contribution in [-0.4, -0.2) is 62.2 Å². The molecule has 138 valence electrons. The fraction of sp³-hybridized carbons (Fsp3) is 0.316. The van der Waals surface area contributed by atoms with E-state index in [9.17, 15) is 4.79 Å². The molecule has 1 aliphatic heterocycles. The van der Waals surface area contributed by atoms with Gasteiger partial charge in [-0.3, -0.25) is 9.78 Å². The van der Waals surface area contributed by atoms with Crippen molar-refractivity contribution in [2.24, 2.45) is 0 Å². The van der Waals surface area contributed by atoms with Crippen molar-refractivity contribution in [3.05, 3.63) is 59.7 Å². The Morgan fingerprint density at radius 3 is 2.19 bits per heavy atom. The molecule has 0 atom stereocenters. The minimum absolute atomic E-state index is 0.0556. The highest BCUT2D eigenvalue weighted by atomic mass is 16.2. The number of amides is 1. The van der Waals surface area contributed by atoms with Crippen LogP contribution in [-0.2, 0) is 0 Å². The van der Waals surface area contributed by atoms with E-state index in [1.165, 1.54) is 12.0 Å². The van der Waals surface area contributed by atoms with Crippen LogP contribution in [0, 0.1) is 13.8 Å². The maximum atomic E-state index is 12.8. The number of hydrogen-bond donors (Lipinski definition) is 0. The molecule has 8 heteroatoms. The SMILES string of the molecule is Cc1cc(N2CCN(C(=O)c3ccc(-n4cnnn4)cc3)CC2)cc(C)n1. The monoisotopic (exact) mass is 363 g/mol. The van der Waals surface area contributed by atoms with E-state index in [1.807, 2.05) is 43.0 Å². The summed E-state index contributed by atoms with van der Waals surface area (Å²) >= 11 is 0. The summed E-state index contributed by atoms with van der Waals surface area (Å²) in [6.45, 7) is 7.06. The number of pyridine rings is 1. The van der Waals surface area contributed by atoms with Gasteiger partial charge in [-0.2, -0.15) is 0 Å². The third kappa shape index (κ3) is 3.64. The van der Waals surface area contributed by atoms with Crippen LogP contribution in [0.25, 0.3) is 5.69 Å². The second-order valence-corrected chi connectivity index (χ2v) is 6.69. The molecule has 1 aromatic carbocycles. The van der Waals surface area contributed by atoms with E-state index in [-0.39, 0.29) is 5.91 Å². The first-order chi connectivity index (χ1) is 13.1. The van der Waals surface area contributed by atoms with Gasteiger partial charge in [0.05, 0.1) is 5.69 Å². The standard InChI is InChI=1S/C19H21N7O/c1-14-11-18(12-15(2)21-14)24-7-9-25(10-8-24)19(27)16-3-5-17(6-4-16)26-13-20-22-23-26/h3-6,11-13H,7-10H2,1-2H3. The van der Waals surface area contributed by atoms with E-state index in [4.69, 9.17) is 0 Å². The van der Waals surface area contributed by atoms with E-state index in [0.717, 1.165) is 30.2 Å². The molecule has 0 saturated carbocycles. The predicted octanol–water partition coefficient (Wildman–Crippen LogP) is 1.64. The first-order valence-corrected chi connectivity index (χ1v) is 8.93. The molecule has 1 aliphatic rings. The van der Waals surface area contributed by atoms with Crippen molar-refractivity contribution in [2.45, 2.75) is 13.8 Å². The molecule has 3 heterocycles. The molecule has 0 radical (unpaired) electrons. The van der Waals surface area contributed by atoms with E-state index < -0.39 is 0 Å². The lowest BCUT2D eigenvalue weighted by Crippen LogP contribution is -2.48. The molecule has 1 amide bonds. The number of rotatable bonds is 3. The molecule has 2 aromatic heterocycles. The topological polar surface area (TPSA) is 80.0 Å². The number of anilines is 1. The van der Waals surface area contributed by atoms with Gasteiger partial charge < -0.3 is 9.80 Å². The molecule has 0 unspecified atom stereocenters. The summed E-state index contributed by atoms with van der Waals surface area (Å²) in [5.41, 5.74) is 4.72. The van der Waals surface area contributed by atoms with Gasteiger partial charge in [-0.15, -0.1) is 5.10 Å². The fourth-order valence-corrected chi connectivity index (χ4v) is 3.38. The molecule has 4 rings (SSSR count). The summed E-state index contributed by atoms with van der Waals surface area (Å²) in [5, 5.41) is 11.1. The highest BCUT2D eigenvalue weighted by Gasteiger charge is 2.22.